The van der Waals surface area contributed by atoms with Crippen molar-refractivity contribution in [1.82, 2.24) is 14.9 Å². The number of nitrogens with zero attached hydrogens (tertiary/aromatic N) is 2. The first kappa shape index (κ1) is 16.9. The summed E-state index contributed by atoms with van der Waals surface area (Å²) in [5.74, 6) is -1.46. The van der Waals surface area contributed by atoms with Crippen LogP contribution >= 0.6 is 0 Å². The molecule has 1 N–H and O–H groups in total. The van der Waals surface area contributed by atoms with Gasteiger partial charge in [-0.2, -0.15) is 0 Å². The molecule has 1 atom stereocenters. The molecular formula is C18H17F2N3O2. The van der Waals surface area contributed by atoms with Gasteiger partial charge in [0.1, 0.15) is 11.6 Å². The number of fused-ring (bicyclic) bond motifs is 1. The molecular weight excluding hydrogens is 328 g/mol. The van der Waals surface area contributed by atoms with Gasteiger partial charge in [0.15, 0.2) is 18.2 Å². The molecule has 0 aliphatic heterocycles. The van der Waals surface area contributed by atoms with E-state index in [0.717, 1.165) is 23.2 Å². The summed E-state index contributed by atoms with van der Waals surface area (Å²) < 4.78 is 33.3. The summed E-state index contributed by atoms with van der Waals surface area (Å²) in [4.78, 5) is 16.5. The highest BCUT2D eigenvalue weighted by molar-refractivity contribution is 5.79. The number of nitrogens with one attached hydrogen (secondary N) is 1. The Kier molecular flexibility index (Phi) is 4.65. The second-order valence-electron chi connectivity index (χ2n) is 5.67. The molecule has 0 aliphatic carbocycles. The molecule has 1 aromatic heterocycles. The number of para-hydroxylation sites is 2. The van der Waals surface area contributed by atoms with E-state index in [9.17, 15) is 13.6 Å². The Bertz CT molecular complexity index is 924. The van der Waals surface area contributed by atoms with Crippen molar-refractivity contribution in [3.63, 3.8) is 0 Å². The Hall–Kier alpha value is -2.96. The number of aryl methyl sites for hydroxylation is 1. The van der Waals surface area contributed by atoms with E-state index in [2.05, 4.69) is 10.3 Å². The number of aromatic nitrogens is 2. The number of carbonyl (C=O) groups is 1. The predicted molar refractivity (Wildman–Crippen MR) is 89.1 cm³/mol. The third-order valence-corrected chi connectivity index (χ3v) is 3.84. The van der Waals surface area contributed by atoms with Gasteiger partial charge < -0.3 is 14.6 Å². The first-order valence-electron chi connectivity index (χ1n) is 7.74. The summed E-state index contributed by atoms with van der Waals surface area (Å²) in [6.45, 7) is 1.43. The van der Waals surface area contributed by atoms with Crippen molar-refractivity contribution in [2.45, 2.75) is 13.0 Å². The maximum absolute atomic E-state index is 13.5. The second-order valence-corrected chi connectivity index (χ2v) is 5.67. The van der Waals surface area contributed by atoms with E-state index in [1.165, 1.54) is 0 Å². The Morgan fingerprint density at radius 3 is 2.76 bits per heavy atom. The van der Waals surface area contributed by atoms with E-state index in [1.807, 2.05) is 35.9 Å². The van der Waals surface area contributed by atoms with Gasteiger partial charge >= 0.3 is 0 Å². The number of amides is 1. The van der Waals surface area contributed by atoms with Crippen LogP contribution in [0.2, 0.25) is 0 Å². The van der Waals surface area contributed by atoms with Crippen molar-refractivity contribution in [2.24, 2.45) is 7.05 Å². The second kappa shape index (κ2) is 6.88. The zero-order chi connectivity index (χ0) is 18.0. The highest BCUT2D eigenvalue weighted by atomic mass is 19.1. The third kappa shape index (κ3) is 3.60. The van der Waals surface area contributed by atoms with Crippen molar-refractivity contribution in [1.29, 1.82) is 0 Å². The van der Waals surface area contributed by atoms with Crippen LogP contribution in [0.25, 0.3) is 11.0 Å². The zero-order valence-corrected chi connectivity index (χ0v) is 13.8. The van der Waals surface area contributed by atoms with Crippen molar-refractivity contribution in [3.8, 4) is 5.75 Å². The third-order valence-electron chi connectivity index (χ3n) is 3.84. The highest BCUT2D eigenvalue weighted by Crippen LogP contribution is 2.20. The molecule has 1 heterocycles. The van der Waals surface area contributed by atoms with Gasteiger partial charge in [0.25, 0.3) is 5.91 Å². The summed E-state index contributed by atoms with van der Waals surface area (Å²) in [6.07, 6.45) is 0. The molecule has 5 nitrogen and oxygen atoms in total. The fraction of sp³-hybridized carbons (Fsp3) is 0.222. The lowest BCUT2D eigenvalue weighted by Gasteiger charge is -2.14. The van der Waals surface area contributed by atoms with Crippen LogP contribution in [-0.2, 0) is 11.8 Å². The van der Waals surface area contributed by atoms with Gasteiger partial charge in [-0.25, -0.2) is 13.8 Å². The minimum Gasteiger partial charge on any atom is -0.481 e. The number of ether oxygens (including phenoxy) is 1. The van der Waals surface area contributed by atoms with E-state index in [0.29, 0.717) is 11.9 Å². The fourth-order valence-electron chi connectivity index (χ4n) is 2.63. The van der Waals surface area contributed by atoms with Crippen molar-refractivity contribution < 1.29 is 18.3 Å². The van der Waals surface area contributed by atoms with Crippen molar-refractivity contribution >= 4 is 16.9 Å². The van der Waals surface area contributed by atoms with Crippen molar-refractivity contribution in [2.75, 3.05) is 6.61 Å². The Morgan fingerprint density at radius 1 is 1.28 bits per heavy atom. The number of hydrogen-bond acceptors (Lipinski definition) is 3. The van der Waals surface area contributed by atoms with E-state index in [1.54, 1.807) is 6.92 Å². The number of halogens is 2. The van der Waals surface area contributed by atoms with Crippen LogP contribution < -0.4 is 10.1 Å². The summed E-state index contributed by atoms with van der Waals surface area (Å²) in [7, 11) is 1.87. The standard InChI is InChI=1S/C18H17F2N3O2/c1-11(18-22-14-5-3-4-6-15(14)23(18)2)21-17(24)10-25-16-8-7-12(19)9-13(16)20/h3-9,11H,10H2,1-2H3,(H,21,24)/t11-/m0/s1. The smallest absolute Gasteiger partial charge is 0.258 e. The molecule has 0 radical (unpaired) electrons. The molecule has 0 fully saturated rings. The molecule has 1 amide bonds. The molecule has 25 heavy (non-hydrogen) atoms. The predicted octanol–water partition coefficient (Wildman–Crippen LogP) is 3.11. The van der Waals surface area contributed by atoms with Crippen LogP contribution in [0.4, 0.5) is 8.78 Å². The highest BCUT2D eigenvalue weighted by Gasteiger charge is 2.17. The molecule has 2 aromatic carbocycles. The topological polar surface area (TPSA) is 56.1 Å². The molecule has 0 saturated carbocycles. The molecule has 130 valence electrons. The molecule has 3 aromatic rings. The normalized spacial score (nSPS) is 12.2. The summed E-state index contributed by atoms with van der Waals surface area (Å²) >= 11 is 0. The number of rotatable bonds is 5. The minimum atomic E-state index is -0.851. The van der Waals surface area contributed by atoms with Gasteiger partial charge in [-0.3, -0.25) is 4.79 Å². The Morgan fingerprint density at radius 2 is 2.04 bits per heavy atom. The average Bonchev–Trinajstić information content (AvgIpc) is 2.91. The summed E-state index contributed by atoms with van der Waals surface area (Å²) in [5, 5.41) is 2.76. The van der Waals surface area contributed by atoms with Gasteiger partial charge in [-0.05, 0) is 31.2 Å². The molecule has 3 rings (SSSR count). The van der Waals surface area contributed by atoms with Gasteiger partial charge in [0.05, 0.1) is 17.1 Å². The number of carbonyl (C=O) groups excluding carboxylic acids is 1. The molecule has 0 spiro atoms. The molecule has 0 unspecified atom stereocenters. The number of hydrogen-bond donors (Lipinski definition) is 1. The van der Waals surface area contributed by atoms with Gasteiger partial charge in [-0.15, -0.1) is 0 Å². The Balaban J connectivity index is 1.64. The molecule has 0 bridgehead atoms. The summed E-state index contributed by atoms with van der Waals surface area (Å²) in [5.41, 5.74) is 1.80. The van der Waals surface area contributed by atoms with E-state index in [4.69, 9.17) is 4.74 Å². The first-order chi connectivity index (χ1) is 12.0. The number of imidazole rings is 1. The summed E-state index contributed by atoms with van der Waals surface area (Å²) in [6, 6.07) is 10.2. The largest absolute Gasteiger partial charge is 0.481 e. The van der Waals surface area contributed by atoms with Crippen molar-refractivity contribution in [3.05, 3.63) is 59.9 Å². The first-order valence-corrected chi connectivity index (χ1v) is 7.74. The van der Waals surface area contributed by atoms with Crippen LogP contribution in [-0.4, -0.2) is 22.1 Å². The quantitative estimate of drug-likeness (QED) is 0.773. The fourth-order valence-corrected chi connectivity index (χ4v) is 2.63. The van der Waals surface area contributed by atoms with E-state index in [-0.39, 0.29) is 18.4 Å². The van der Waals surface area contributed by atoms with Gasteiger partial charge in [0, 0.05) is 13.1 Å². The monoisotopic (exact) mass is 345 g/mol. The van der Waals surface area contributed by atoms with Crippen LogP contribution in [0.5, 0.6) is 5.75 Å². The molecule has 0 saturated heterocycles. The van der Waals surface area contributed by atoms with Gasteiger partial charge in [0.2, 0.25) is 0 Å². The SMILES string of the molecule is C[C@H](NC(=O)COc1ccc(F)cc1F)c1nc2ccccc2n1C. The lowest BCUT2D eigenvalue weighted by atomic mass is 10.3. The molecule has 0 aliphatic rings. The van der Waals surface area contributed by atoms with Gasteiger partial charge in [-0.1, -0.05) is 12.1 Å². The molecule has 7 heteroatoms. The maximum Gasteiger partial charge on any atom is 0.258 e. The maximum atomic E-state index is 13.5. The van der Waals surface area contributed by atoms with E-state index < -0.39 is 17.5 Å². The zero-order valence-electron chi connectivity index (χ0n) is 13.8. The lowest BCUT2D eigenvalue weighted by Crippen LogP contribution is -2.32. The average molecular weight is 345 g/mol. The minimum absolute atomic E-state index is 0.174. The lowest BCUT2D eigenvalue weighted by molar-refractivity contribution is -0.123. The number of benzene rings is 2. The van der Waals surface area contributed by atoms with Crippen LogP contribution in [0, 0.1) is 11.6 Å². The van der Waals surface area contributed by atoms with Crippen LogP contribution in [0.1, 0.15) is 18.8 Å². The van der Waals surface area contributed by atoms with Crippen LogP contribution in [0.3, 0.4) is 0 Å². The Labute approximate surface area is 143 Å². The van der Waals surface area contributed by atoms with E-state index >= 15 is 0 Å². The van der Waals surface area contributed by atoms with Crippen LogP contribution in [0.15, 0.2) is 42.5 Å².